The normalized spacial score (nSPS) is 13.3. The molecule has 6 heteroatoms. The molecule has 2 rings (SSSR count). The second-order valence-electron chi connectivity index (χ2n) is 4.20. The van der Waals surface area contributed by atoms with Gasteiger partial charge < -0.3 is 5.11 Å². The van der Waals surface area contributed by atoms with Gasteiger partial charge in [0.15, 0.2) is 0 Å². The predicted molar refractivity (Wildman–Crippen MR) is 84.9 cm³/mol. The van der Waals surface area contributed by atoms with Crippen LogP contribution in [0.3, 0.4) is 0 Å². The van der Waals surface area contributed by atoms with Crippen molar-refractivity contribution in [1.29, 1.82) is 0 Å². The van der Waals surface area contributed by atoms with Crippen molar-refractivity contribution >= 4 is 41.3 Å². The molecular weight excluding hydrogens is 317 g/mol. The molecule has 1 heterocycles. The van der Waals surface area contributed by atoms with Gasteiger partial charge in [-0.1, -0.05) is 35.9 Å². The lowest BCUT2D eigenvalue weighted by Gasteiger charge is -2.20. The van der Waals surface area contributed by atoms with Crippen molar-refractivity contribution in [3.63, 3.8) is 0 Å². The van der Waals surface area contributed by atoms with Gasteiger partial charge in [0.1, 0.15) is 6.04 Å². The summed E-state index contributed by atoms with van der Waals surface area (Å²) < 4.78 is 0. The van der Waals surface area contributed by atoms with E-state index in [1.54, 1.807) is 35.6 Å². The van der Waals surface area contributed by atoms with Gasteiger partial charge in [0.25, 0.3) is 0 Å². The van der Waals surface area contributed by atoms with Crippen LogP contribution in [0.2, 0.25) is 5.02 Å². The summed E-state index contributed by atoms with van der Waals surface area (Å²) >= 11 is 7.67. The minimum absolute atomic E-state index is 0. The molecule has 1 aromatic carbocycles. The molecule has 0 saturated heterocycles. The summed E-state index contributed by atoms with van der Waals surface area (Å²) in [6, 6.07) is 10.1. The fourth-order valence-electron chi connectivity index (χ4n) is 1.87. The fourth-order valence-corrected chi connectivity index (χ4v) is 2.86. The molecule has 0 radical (unpaired) electrons. The molecule has 2 unspecified atom stereocenters. The summed E-state index contributed by atoms with van der Waals surface area (Å²) in [6.07, 6.45) is 0. The van der Waals surface area contributed by atoms with E-state index in [2.05, 4.69) is 5.32 Å². The van der Waals surface area contributed by atoms with E-state index in [4.69, 9.17) is 11.6 Å². The number of carboxylic acid groups (broad SMARTS) is 1. The Kier molecular flexibility index (Phi) is 6.49. The summed E-state index contributed by atoms with van der Waals surface area (Å²) in [7, 11) is 0. The zero-order chi connectivity index (χ0) is 13.8. The quantitative estimate of drug-likeness (QED) is 0.858. The van der Waals surface area contributed by atoms with Gasteiger partial charge in [0, 0.05) is 15.9 Å². The zero-order valence-corrected chi connectivity index (χ0v) is 13.1. The van der Waals surface area contributed by atoms with Gasteiger partial charge in [-0.3, -0.25) is 10.1 Å². The minimum atomic E-state index is -0.934. The van der Waals surface area contributed by atoms with Crippen molar-refractivity contribution in [3.8, 4) is 0 Å². The minimum Gasteiger partial charge on any atom is -0.480 e. The summed E-state index contributed by atoms with van der Waals surface area (Å²) in [6.45, 7) is 1.94. The first-order valence-electron chi connectivity index (χ1n) is 5.86. The number of hydrogen-bond acceptors (Lipinski definition) is 3. The maximum atomic E-state index is 11.4. The Morgan fingerprint density at radius 3 is 2.55 bits per heavy atom. The Bertz CT molecular complexity index is 560. The van der Waals surface area contributed by atoms with E-state index in [0.717, 1.165) is 4.88 Å². The van der Waals surface area contributed by atoms with Crippen molar-refractivity contribution in [2.45, 2.75) is 19.0 Å². The van der Waals surface area contributed by atoms with Crippen LogP contribution >= 0.6 is 35.3 Å². The van der Waals surface area contributed by atoms with Crippen molar-refractivity contribution in [1.82, 2.24) is 5.32 Å². The number of aliphatic carboxylic acids is 1. The van der Waals surface area contributed by atoms with E-state index < -0.39 is 12.0 Å². The first-order valence-corrected chi connectivity index (χ1v) is 7.12. The predicted octanol–water partition coefficient (Wildman–Crippen LogP) is 4.30. The topological polar surface area (TPSA) is 49.3 Å². The molecule has 0 saturated carbocycles. The monoisotopic (exact) mass is 331 g/mol. The first kappa shape index (κ1) is 17.0. The molecule has 2 aromatic rings. The maximum absolute atomic E-state index is 11.4. The number of rotatable bonds is 5. The maximum Gasteiger partial charge on any atom is 0.325 e. The third-order valence-corrected chi connectivity index (χ3v) is 4.25. The van der Waals surface area contributed by atoms with Gasteiger partial charge in [-0.25, -0.2) is 0 Å². The second kappa shape index (κ2) is 7.64. The Labute approximate surface area is 133 Å². The fraction of sp³-hybridized carbons (Fsp3) is 0.214. The van der Waals surface area contributed by atoms with Crippen molar-refractivity contribution < 1.29 is 9.90 Å². The number of carbonyl (C=O) groups is 1. The molecule has 20 heavy (non-hydrogen) atoms. The summed E-state index contributed by atoms with van der Waals surface area (Å²) in [5, 5.41) is 14.9. The molecule has 1 aromatic heterocycles. The SMILES string of the molecule is CC(NC(C(=O)O)c1ccccc1Cl)c1cccs1.Cl. The highest BCUT2D eigenvalue weighted by Gasteiger charge is 2.24. The molecule has 0 aliphatic rings. The van der Waals surface area contributed by atoms with Gasteiger partial charge in [-0.15, -0.1) is 23.7 Å². The average Bonchev–Trinajstić information content (AvgIpc) is 2.90. The lowest BCUT2D eigenvalue weighted by Crippen LogP contribution is -2.30. The molecule has 0 fully saturated rings. The number of halogens is 2. The molecule has 0 bridgehead atoms. The third-order valence-electron chi connectivity index (χ3n) is 2.85. The molecular formula is C14H15Cl2NO2S. The van der Waals surface area contributed by atoms with Crippen LogP contribution in [0.5, 0.6) is 0 Å². The van der Waals surface area contributed by atoms with Gasteiger partial charge in [-0.2, -0.15) is 0 Å². The zero-order valence-electron chi connectivity index (χ0n) is 10.7. The number of carboxylic acids is 1. The molecule has 0 spiro atoms. The van der Waals surface area contributed by atoms with E-state index in [1.807, 2.05) is 24.4 Å². The van der Waals surface area contributed by atoms with Crippen LogP contribution in [0.1, 0.15) is 29.4 Å². The van der Waals surface area contributed by atoms with E-state index in [-0.39, 0.29) is 18.4 Å². The number of hydrogen-bond donors (Lipinski definition) is 2. The molecule has 3 nitrogen and oxygen atoms in total. The standard InChI is InChI=1S/C14H14ClNO2S.ClH/c1-9(12-7-4-8-19-12)16-13(14(17)18)10-5-2-3-6-11(10)15;/h2-9,13,16H,1H3,(H,17,18);1H. The van der Waals surface area contributed by atoms with E-state index in [0.29, 0.717) is 10.6 Å². The van der Waals surface area contributed by atoms with Crippen LogP contribution in [0.25, 0.3) is 0 Å². The highest BCUT2D eigenvalue weighted by molar-refractivity contribution is 7.10. The average molecular weight is 332 g/mol. The lowest BCUT2D eigenvalue weighted by atomic mass is 10.1. The number of nitrogens with one attached hydrogen (secondary N) is 1. The van der Waals surface area contributed by atoms with Crippen molar-refractivity contribution in [2.75, 3.05) is 0 Å². The molecule has 0 aliphatic carbocycles. The largest absolute Gasteiger partial charge is 0.480 e. The van der Waals surface area contributed by atoms with Crippen molar-refractivity contribution in [3.05, 3.63) is 57.2 Å². The van der Waals surface area contributed by atoms with Crippen molar-refractivity contribution in [2.24, 2.45) is 0 Å². The molecule has 108 valence electrons. The smallest absolute Gasteiger partial charge is 0.325 e. The second-order valence-corrected chi connectivity index (χ2v) is 5.58. The van der Waals surface area contributed by atoms with Gasteiger partial charge >= 0.3 is 5.97 Å². The Balaban J connectivity index is 0.00000200. The van der Waals surface area contributed by atoms with Crippen LogP contribution in [0.4, 0.5) is 0 Å². The first-order chi connectivity index (χ1) is 9.09. The molecule has 0 amide bonds. The highest BCUT2D eigenvalue weighted by Crippen LogP contribution is 2.27. The van der Waals surface area contributed by atoms with E-state index >= 15 is 0 Å². The van der Waals surface area contributed by atoms with Gasteiger partial charge in [0.05, 0.1) is 0 Å². The van der Waals surface area contributed by atoms with Gasteiger partial charge in [-0.05, 0) is 30.0 Å². The third kappa shape index (κ3) is 3.96. The number of thiophene rings is 1. The van der Waals surface area contributed by atoms with Gasteiger partial charge in [0.2, 0.25) is 0 Å². The van der Waals surface area contributed by atoms with E-state index in [1.165, 1.54) is 0 Å². The Morgan fingerprint density at radius 1 is 1.30 bits per heavy atom. The summed E-state index contributed by atoms with van der Waals surface area (Å²) in [4.78, 5) is 12.5. The lowest BCUT2D eigenvalue weighted by molar-refractivity contribution is -0.139. The Hall–Kier alpha value is -1.07. The van der Waals surface area contributed by atoms with Crippen LogP contribution in [-0.4, -0.2) is 11.1 Å². The van der Waals surface area contributed by atoms with E-state index in [9.17, 15) is 9.90 Å². The van der Waals surface area contributed by atoms with Crippen LogP contribution < -0.4 is 5.32 Å². The summed E-state index contributed by atoms with van der Waals surface area (Å²) in [5.74, 6) is -0.934. The molecule has 0 aliphatic heterocycles. The highest BCUT2D eigenvalue weighted by atomic mass is 35.5. The van der Waals surface area contributed by atoms with Crippen LogP contribution in [0, 0.1) is 0 Å². The van der Waals surface area contributed by atoms with Crippen LogP contribution in [-0.2, 0) is 4.79 Å². The summed E-state index contributed by atoms with van der Waals surface area (Å²) in [5.41, 5.74) is 0.583. The Morgan fingerprint density at radius 2 is 2.00 bits per heavy atom. The number of benzene rings is 1. The van der Waals surface area contributed by atoms with Crippen LogP contribution in [0.15, 0.2) is 41.8 Å². The molecule has 2 N–H and O–H groups in total. The molecule has 2 atom stereocenters.